The van der Waals surface area contributed by atoms with E-state index in [9.17, 15) is 19.5 Å². The molecule has 0 radical (unpaired) electrons. The Morgan fingerprint density at radius 1 is 1.27 bits per heavy atom. The number of alkyl halides is 1. The summed E-state index contributed by atoms with van der Waals surface area (Å²) >= 11 is 3.66. The van der Waals surface area contributed by atoms with E-state index in [-0.39, 0.29) is 56.0 Å². The number of benzene rings is 1. The van der Waals surface area contributed by atoms with Gasteiger partial charge in [-0.15, -0.1) is 18.3 Å². The zero-order valence-corrected chi connectivity index (χ0v) is 23.8. The Labute approximate surface area is 240 Å². The lowest BCUT2D eigenvalue weighted by atomic mass is 9.70. The highest BCUT2D eigenvalue weighted by molar-refractivity contribution is 9.09. The van der Waals surface area contributed by atoms with Crippen LogP contribution in [0.1, 0.15) is 25.7 Å². The van der Waals surface area contributed by atoms with Crippen LogP contribution in [0.4, 0.5) is 0 Å². The molecule has 2 bridgehead atoms. The lowest BCUT2D eigenvalue weighted by molar-refractivity contribution is -0.155. The fourth-order valence-electron chi connectivity index (χ4n) is 6.39. The summed E-state index contributed by atoms with van der Waals surface area (Å²) in [7, 11) is 0. The number of hydrogen-bond donors (Lipinski definition) is 1. The number of hydrogen-bond acceptors (Lipinski definition) is 8. The minimum Gasteiger partial charge on any atom is -0.465 e. The van der Waals surface area contributed by atoms with Crippen molar-refractivity contribution in [3.8, 4) is 0 Å². The number of likely N-dealkylation sites (tertiary alicyclic amines) is 1. The minimum absolute atomic E-state index is 0.0839. The van der Waals surface area contributed by atoms with E-state index in [1.807, 2.05) is 24.3 Å². The van der Waals surface area contributed by atoms with Gasteiger partial charge in [-0.1, -0.05) is 45.4 Å². The normalized spacial score (nSPS) is 28.6. The van der Waals surface area contributed by atoms with Gasteiger partial charge >= 0.3 is 5.97 Å². The lowest BCUT2D eigenvalue weighted by Gasteiger charge is -2.37. The molecule has 6 atom stereocenters. The Balaban J connectivity index is 1.48. The number of aromatic nitrogens is 3. The van der Waals surface area contributed by atoms with Gasteiger partial charge in [0.1, 0.15) is 23.8 Å². The number of rotatable bonds is 13. The second-order valence-electron chi connectivity index (χ2n) is 10.4. The van der Waals surface area contributed by atoms with E-state index < -0.39 is 35.6 Å². The molecule has 2 aromatic rings. The lowest BCUT2D eigenvalue weighted by Crippen LogP contribution is -2.57. The molecule has 0 saturated carbocycles. The van der Waals surface area contributed by atoms with Crippen LogP contribution in [0.25, 0.3) is 11.0 Å². The van der Waals surface area contributed by atoms with Gasteiger partial charge in [0.2, 0.25) is 11.8 Å². The summed E-state index contributed by atoms with van der Waals surface area (Å²) in [6.07, 6.45) is 4.78. The fourth-order valence-corrected chi connectivity index (χ4v) is 7.33. The second kappa shape index (κ2) is 11.8. The molecule has 3 fully saturated rings. The monoisotopic (exact) mass is 615 g/mol. The molecule has 3 unspecified atom stereocenters. The highest BCUT2D eigenvalue weighted by Gasteiger charge is 2.77. The number of carbonyl (C=O) groups is 3. The number of amides is 2. The third-order valence-corrected chi connectivity index (χ3v) is 8.88. The van der Waals surface area contributed by atoms with Gasteiger partial charge in [-0.25, -0.2) is 4.68 Å². The molecule has 2 amide bonds. The summed E-state index contributed by atoms with van der Waals surface area (Å²) < 4.78 is 13.7. The van der Waals surface area contributed by atoms with Crippen molar-refractivity contribution in [1.29, 1.82) is 0 Å². The van der Waals surface area contributed by atoms with Gasteiger partial charge in [-0.05, 0) is 37.8 Å². The summed E-state index contributed by atoms with van der Waals surface area (Å²) in [5.41, 5.74) is 0.247. The van der Waals surface area contributed by atoms with Crippen LogP contribution in [-0.2, 0) is 30.5 Å². The molecule has 1 N–H and O–H groups in total. The standard InChI is InChI=1S/C28H34BrN5O6/c1-3-5-8-15-39-27(38)21-22-25(36)33(13-9-14-35)24(28(22)16-18(29)23(21)40-28)26(37)32(12-4-2)17-34-20-11-7-6-10-19(20)30-31-34/h3-4,6-7,10-11,18,21-24,35H,1-2,5,8-9,12-17H2/t18?,21-,22-,23-,24?,28?/m0/s1. The summed E-state index contributed by atoms with van der Waals surface area (Å²) in [4.78, 5) is 44.5. The first-order valence-corrected chi connectivity index (χ1v) is 14.5. The van der Waals surface area contributed by atoms with Gasteiger partial charge < -0.3 is 24.4 Å². The van der Waals surface area contributed by atoms with Crippen LogP contribution in [-0.4, -0.2) is 96.6 Å². The van der Waals surface area contributed by atoms with E-state index in [1.165, 1.54) is 4.90 Å². The van der Waals surface area contributed by atoms with Crippen molar-refractivity contribution in [3.63, 3.8) is 0 Å². The number of ether oxygens (including phenoxy) is 2. The predicted molar refractivity (Wildman–Crippen MR) is 149 cm³/mol. The zero-order valence-electron chi connectivity index (χ0n) is 22.2. The number of para-hydroxylation sites is 1. The average molecular weight is 617 g/mol. The first kappa shape index (κ1) is 28.4. The Morgan fingerprint density at radius 2 is 2.08 bits per heavy atom. The van der Waals surface area contributed by atoms with Crippen LogP contribution in [0.15, 0.2) is 49.6 Å². The van der Waals surface area contributed by atoms with Gasteiger partial charge in [-0.2, -0.15) is 0 Å². The van der Waals surface area contributed by atoms with Crippen molar-refractivity contribution >= 4 is 44.7 Å². The summed E-state index contributed by atoms with van der Waals surface area (Å²) in [6, 6.07) is 6.45. The van der Waals surface area contributed by atoms with Crippen molar-refractivity contribution in [1.82, 2.24) is 24.8 Å². The Hall–Kier alpha value is -3.09. The van der Waals surface area contributed by atoms with E-state index in [0.717, 1.165) is 5.52 Å². The maximum Gasteiger partial charge on any atom is 0.312 e. The Bertz CT molecular complexity index is 1300. The van der Waals surface area contributed by atoms with Crippen LogP contribution >= 0.6 is 15.9 Å². The first-order valence-electron chi connectivity index (χ1n) is 13.6. The second-order valence-corrected chi connectivity index (χ2v) is 11.6. The van der Waals surface area contributed by atoms with Crippen LogP contribution in [0.2, 0.25) is 0 Å². The van der Waals surface area contributed by atoms with Crippen LogP contribution in [0.5, 0.6) is 0 Å². The molecular formula is C28H34BrN5O6. The minimum atomic E-state index is -1.21. The average Bonchev–Trinajstić information content (AvgIpc) is 3.66. The van der Waals surface area contributed by atoms with Crippen molar-refractivity contribution in [2.24, 2.45) is 11.8 Å². The molecule has 0 aliphatic carbocycles. The molecule has 40 heavy (non-hydrogen) atoms. The highest BCUT2D eigenvalue weighted by atomic mass is 79.9. The van der Waals surface area contributed by atoms with E-state index in [4.69, 9.17) is 9.47 Å². The van der Waals surface area contributed by atoms with E-state index >= 15 is 0 Å². The van der Waals surface area contributed by atoms with Gasteiger partial charge in [0.25, 0.3) is 0 Å². The van der Waals surface area contributed by atoms with E-state index in [1.54, 1.807) is 21.7 Å². The molecule has 11 nitrogen and oxygen atoms in total. The van der Waals surface area contributed by atoms with Crippen LogP contribution in [0, 0.1) is 11.8 Å². The quantitative estimate of drug-likeness (QED) is 0.157. The molecule has 3 saturated heterocycles. The van der Waals surface area contributed by atoms with Crippen LogP contribution < -0.4 is 0 Å². The Morgan fingerprint density at radius 3 is 2.83 bits per heavy atom. The first-order chi connectivity index (χ1) is 19.4. The van der Waals surface area contributed by atoms with Crippen molar-refractivity contribution in [2.75, 3.05) is 26.3 Å². The number of fused-ring (bicyclic) bond motifs is 2. The molecule has 4 heterocycles. The summed E-state index contributed by atoms with van der Waals surface area (Å²) in [5, 5.41) is 18.0. The number of carbonyl (C=O) groups excluding carboxylic acids is 3. The van der Waals surface area contributed by atoms with Gasteiger partial charge in [0, 0.05) is 24.5 Å². The highest BCUT2D eigenvalue weighted by Crippen LogP contribution is 2.60. The van der Waals surface area contributed by atoms with Gasteiger partial charge in [0.05, 0.1) is 30.1 Å². The third kappa shape index (κ3) is 4.75. The fraction of sp³-hybridized carbons (Fsp3) is 0.536. The smallest absolute Gasteiger partial charge is 0.312 e. The molecule has 1 aromatic carbocycles. The largest absolute Gasteiger partial charge is 0.465 e. The number of allylic oxidation sites excluding steroid dienone is 1. The zero-order chi connectivity index (χ0) is 28.4. The molecule has 214 valence electrons. The molecule has 3 aliphatic heterocycles. The van der Waals surface area contributed by atoms with E-state index in [2.05, 4.69) is 39.4 Å². The number of esters is 1. The van der Waals surface area contributed by atoms with Gasteiger partial charge in [0.15, 0.2) is 0 Å². The van der Waals surface area contributed by atoms with Gasteiger partial charge in [-0.3, -0.25) is 14.4 Å². The number of unbranched alkanes of at least 4 members (excludes halogenated alkanes) is 1. The SMILES string of the molecule is C=CCCCOC(=O)[C@H]1[C@H]2C(=O)N(CCCO)C(C(=O)N(CC=C)Cn3nnc4ccccc43)C23CC(Br)[C@@H]1O3. The molecule has 1 aromatic heterocycles. The number of nitrogens with zero attached hydrogens (tertiary/aromatic N) is 5. The number of aliphatic hydroxyl groups is 1. The topological polar surface area (TPSA) is 127 Å². The van der Waals surface area contributed by atoms with Crippen molar-refractivity contribution in [2.45, 2.75) is 54.9 Å². The van der Waals surface area contributed by atoms with Crippen molar-refractivity contribution < 1.29 is 29.0 Å². The molecule has 3 aliphatic rings. The molecule has 5 rings (SSSR count). The third-order valence-electron chi connectivity index (χ3n) is 8.04. The van der Waals surface area contributed by atoms with Crippen molar-refractivity contribution in [3.05, 3.63) is 49.6 Å². The predicted octanol–water partition coefficient (Wildman–Crippen LogP) is 2.04. The molecular weight excluding hydrogens is 582 g/mol. The summed E-state index contributed by atoms with van der Waals surface area (Å²) in [5.74, 6) is -2.86. The van der Waals surface area contributed by atoms with Crippen LogP contribution in [0.3, 0.4) is 0 Å². The Kier molecular flexibility index (Phi) is 8.39. The van der Waals surface area contributed by atoms with E-state index in [0.29, 0.717) is 24.8 Å². The molecule has 1 spiro atoms. The number of aliphatic hydroxyl groups excluding tert-OH is 1. The summed E-state index contributed by atoms with van der Waals surface area (Å²) in [6.45, 7) is 8.01. The maximum absolute atomic E-state index is 14.4. The molecule has 12 heteroatoms. The number of halogens is 1. The maximum atomic E-state index is 14.4.